The molecule has 0 fully saturated rings. The molecule has 0 unspecified atom stereocenters. The van der Waals surface area contributed by atoms with E-state index in [1.807, 2.05) is 19.1 Å². The number of hydrogen-bond acceptors (Lipinski definition) is 5. The predicted octanol–water partition coefficient (Wildman–Crippen LogP) is 3.28. The lowest BCUT2D eigenvalue weighted by molar-refractivity contribution is 0.458. The molecule has 1 heterocycles. The first-order valence-corrected chi connectivity index (χ1v) is 6.20. The first kappa shape index (κ1) is 13.1. The van der Waals surface area contributed by atoms with Gasteiger partial charge in [-0.3, -0.25) is 0 Å². The molecule has 0 aliphatic rings. The lowest BCUT2D eigenvalue weighted by Gasteiger charge is -2.10. The Hall–Kier alpha value is -1.37. The zero-order chi connectivity index (χ0) is 13.1. The van der Waals surface area contributed by atoms with Crippen molar-refractivity contribution in [3.63, 3.8) is 0 Å². The molecule has 0 aliphatic heterocycles. The van der Waals surface area contributed by atoms with Crippen LogP contribution in [0.2, 0.25) is 5.02 Å². The first-order chi connectivity index (χ1) is 8.61. The molecule has 0 amide bonds. The van der Waals surface area contributed by atoms with Crippen molar-refractivity contribution in [2.45, 2.75) is 6.92 Å². The molecule has 2 rings (SSSR count). The highest BCUT2D eigenvalue weighted by atomic mass is 79.9. The average Bonchev–Trinajstić information content (AvgIpc) is 2.36. The van der Waals surface area contributed by atoms with Gasteiger partial charge in [-0.1, -0.05) is 17.7 Å². The van der Waals surface area contributed by atoms with Crippen LogP contribution in [0, 0.1) is 6.92 Å². The highest BCUT2D eigenvalue weighted by Crippen LogP contribution is 2.34. The molecule has 18 heavy (non-hydrogen) atoms. The number of nitrogen functional groups attached to an aromatic ring is 1. The largest absolute Gasteiger partial charge is 0.436 e. The molecule has 0 saturated carbocycles. The Morgan fingerprint density at radius 2 is 2.17 bits per heavy atom. The molecular weight excluding hydrogens is 320 g/mol. The molecule has 0 atom stereocenters. The van der Waals surface area contributed by atoms with Gasteiger partial charge in [0, 0.05) is 0 Å². The van der Waals surface area contributed by atoms with E-state index in [1.165, 1.54) is 6.33 Å². The van der Waals surface area contributed by atoms with Crippen LogP contribution in [0.4, 0.5) is 5.82 Å². The van der Waals surface area contributed by atoms with Crippen LogP contribution in [0.5, 0.6) is 11.6 Å². The summed E-state index contributed by atoms with van der Waals surface area (Å²) in [6, 6.07) is 5.49. The second kappa shape index (κ2) is 5.51. The Morgan fingerprint density at radius 3 is 2.89 bits per heavy atom. The molecule has 7 heteroatoms. The zero-order valence-electron chi connectivity index (χ0n) is 9.45. The summed E-state index contributed by atoms with van der Waals surface area (Å²) in [6.45, 7) is 1.95. The van der Waals surface area contributed by atoms with Crippen molar-refractivity contribution in [3.8, 4) is 11.6 Å². The SMILES string of the molecule is Cc1ccc(Cl)c(Oc2ncnc(NN)c2Br)c1. The third-order valence-electron chi connectivity index (χ3n) is 2.19. The van der Waals surface area contributed by atoms with E-state index in [1.54, 1.807) is 6.07 Å². The minimum Gasteiger partial charge on any atom is -0.436 e. The highest BCUT2D eigenvalue weighted by molar-refractivity contribution is 9.10. The molecule has 3 N–H and O–H groups in total. The summed E-state index contributed by atoms with van der Waals surface area (Å²) in [6.07, 6.45) is 1.35. The summed E-state index contributed by atoms with van der Waals surface area (Å²) < 4.78 is 6.17. The van der Waals surface area contributed by atoms with Crippen LogP contribution < -0.4 is 16.0 Å². The van der Waals surface area contributed by atoms with Crippen molar-refractivity contribution >= 4 is 33.3 Å². The Morgan fingerprint density at radius 1 is 1.39 bits per heavy atom. The Kier molecular flexibility index (Phi) is 4.00. The van der Waals surface area contributed by atoms with Crippen molar-refractivity contribution < 1.29 is 4.74 Å². The van der Waals surface area contributed by atoms with Gasteiger partial charge in [0.2, 0.25) is 5.88 Å². The Balaban J connectivity index is 2.37. The second-order valence-electron chi connectivity index (χ2n) is 3.52. The number of rotatable bonds is 3. The van der Waals surface area contributed by atoms with E-state index in [0.29, 0.717) is 26.9 Å². The number of hydrogen-bond donors (Lipinski definition) is 2. The van der Waals surface area contributed by atoms with Crippen LogP contribution >= 0.6 is 27.5 Å². The van der Waals surface area contributed by atoms with Gasteiger partial charge in [-0.2, -0.15) is 0 Å². The van der Waals surface area contributed by atoms with Gasteiger partial charge in [0.25, 0.3) is 0 Å². The highest BCUT2D eigenvalue weighted by Gasteiger charge is 2.11. The number of benzene rings is 1. The van der Waals surface area contributed by atoms with Crippen LogP contribution in [0.25, 0.3) is 0 Å². The summed E-state index contributed by atoms with van der Waals surface area (Å²) >= 11 is 9.35. The Bertz CT molecular complexity index is 579. The van der Waals surface area contributed by atoms with E-state index in [4.69, 9.17) is 22.2 Å². The van der Waals surface area contributed by atoms with Crippen LogP contribution in [0.3, 0.4) is 0 Å². The van der Waals surface area contributed by atoms with Crippen molar-refractivity contribution in [2.24, 2.45) is 5.84 Å². The van der Waals surface area contributed by atoms with Gasteiger partial charge in [0.05, 0.1) is 5.02 Å². The number of aryl methyl sites for hydroxylation is 1. The fourth-order valence-corrected chi connectivity index (χ4v) is 1.87. The van der Waals surface area contributed by atoms with Crippen LogP contribution in [-0.2, 0) is 0 Å². The first-order valence-electron chi connectivity index (χ1n) is 5.03. The molecule has 94 valence electrons. The zero-order valence-corrected chi connectivity index (χ0v) is 11.8. The van der Waals surface area contributed by atoms with E-state index in [0.717, 1.165) is 5.56 Å². The van der Waals surface area contributed by atoms with Gasteiger partial charge < -0.3 is 10.2 Å². The van der Waals surface area contributed by atoms with Crippen LogP contribution in [0.1, 0.15) is 5.56 Å². The lowest BCUT2D eigenvalue weighted by atomic mass is 10.2. The van der Waals surface area contributed by atoms with Gasteiger partial charge in [-0.05, 0) is 40.5 Å². The monoisotopic (exact) mass is 328 g/mol. The summed E-state index contributed by atoms with van der Waals surface area (Å²) in [5, 5.41) is 0.508. The lowest BCUT2D eigenvalue weighted by Crippen LogP contribution is -2.09. The fourth-order valence-electron chi connectivity index (χ4n) is 1.32. The van der Waals surface area contributed by atoms with Crippen molar-refractivity contribution in [3.05, 3.63) is 39.6 Å². The molecular formula is C11H10BrClN4O. The molecule has 1 aromatic heterocycles. The Labute approximate surface area is 117 Å². The normalized spacial score (nSPS) is 10.2. The number of halogens is 2. The fraction of sp³-hybridized carbons (Fsp3) is 0.0909. The summed E-state index contributed by atoms with van der Waals surface area (Å²) in [5.74, 6) is 6.61. The predicted molar refractivity (Wildman–Crippen MR) is 73.8 cm³/mol. The topological polar surface area (TPSA) is 73.1 Å². The summed E-state index contributed by atoms with van der Waals surface area (Å²) in [4.78, 5) is 7.95. The summed E-state index contributed by atoms with van der Waals surface area (Å²) in [7, 11) is 0. The van der Waals surface area contributed by atoms with Crippen molar-refractivity contribution in [1.82, 2.24) is 9.97 Å². The molecule has 1 aromatic carbocycles. The van der Waals surface area contributed by atoms with Gasteiger partial charge in [-0.25, -0.2) is 15.8 Å². The smallest absolute Gasteiger partial charge is 0.239 e. The molecule has 0 radical (unpaired) electrons. The molecule has 5 nitrogen and oxygen atoms in total. The summed E-state index contributed by atoms with van der Waals surface area (Å²) in [5.41, 5.74) is 3.48. The number of nitrogens with two attached hydrogens (primary N) is 1. The standard InChI is InChI=1S/C11H10BrClN4O/c1-6-2-3-7(13)8(4-6)18-11-9(12)10(17-14)15-5-16-11/h2-5H,14H2,1H3,(H,15,16,17). The molecule has 0 saturated heterocycles. The van der Waals surface area contributed by atoms with E-state index in [9.17, 15) is 0 Å². The molecule has 2 aromatic rings. The number of anilines is 1. The van der Waals surface area contributed by atoms with Gasteiger partial charge >= 0.3 is 0 Å². The average molecular weight is 330 g/mol. The number of nitrogens with zero attached hydrogens (tertiary/aromatic N) is 2. The van der Waals surface area contributed by atoms with Crippen molar-refractivity contribution in [2.75, 3.05) is 5.43 Å². The molecule has 0 aliphatic carbocycles. The molecule has 0 spiro atoms. The van der Waals surface area contributed by atoms with E-state index >= 15 is 0 Å². The van der Waals surface area contributed by atoms with Gasteiger partial charge in [0.15, 0.2) is 5.82 Å². The number of ether oxygens (including phenoxy) is 1. The van der Waals surface area contributed by atoms with Crippen LogP contribution in [0.15, 0.2) is 29.0 Å². The number of hydrazine groups is 1. The second-order valence-corrected chi connectivity index (χ2v) is 4.72. The van der Waals surface area contributed by atoms with Crippen LogP contribution in [-0.4, -0.2) is 9.97 Å². The van der Waals surface area contributed by atoms with Crippen molar-refractivity contribution in [1.29, 1.82) is 0 Å². The number of aromatic nitrogens is 2. The van der Waals surface area contributed by atoms with E-state index < -0.39 is 0 Å². The van der Waals surface area contributed by atoms with E-state index in [-0.39, 0.29) is 0 Å². The maximum atomic E-state index is 6.05. The van der Waals surface area contributed by atoms with Gasteiger partial charge in [-0.15, -0.1) is 0 Å². The van der Waals surface area contributed by atoms with Gasteiger partial charge in [0.1, 0.15) is 16.5 Å². The maximum Gasteiger partial charge on any atom is 0.239 e. The minimum atomic E-state index is 0.338. The van der Waals surface area contributed by atoms with E-state index in [2.05, 4.69) is 31.3 Å². The molecule has 0 bridgehead atoms. The third-order valence-corrected chi connectivity index (χ3v) is 3.21. The maximum absolute atomic E-state index is 6.05. The third kappa shape index (κ3) is 2.72. The quantitative estimate of drug-likeness (QED) is 0.668. The number of nitrogens with one attached hydrogen (secondary N) is 1. The minimum absolute atomic E-state index is 0.338.